The molecule has 1 amide bonds. The lowest BCUT2D eigenvalue weighted by Crippen LogP contribution is -2.33. The van der Waals surface area contributed by atoms with Crippen molar-refractivity contribution in [2.45, 2.75) is 42.8 Å². The Bertz CT molecular complexity index is 703. The lowest BCUT2D eigenvalue weighted by atomic mass is 10.2. The van der Waals surface area contributed by atoms with E-state index in [-0.39, 0.29) is 17.0 Å². The minimum Gasteiger partial charge on any atom is -0.340 e. The van der Waals surface area contributed by atoms with Crippen molar-refractivity contribution in [3.63, 3.8) is 0 Å². The van der Waals surface area contributed by atoms with Crippen LogP contribution in [0, 0.1) is 5.82 Å². The molecule has 0 spiro atoms. The maximum atomic E-state index is 13.2. The molecule has 1 saturated carbocycles. The zero-order valence-electron chi connectivity index (χ0n) is 13.0. The number of hydrogen-bond donors (Lipinski definition) is 0. The molecule has 0 bridgehead atoms. The van der Waals surface area contributed by atoms with Gasteiger partial charge in [0.2, 0.25) is 11.1 Å². The van der Waals surface area contributed by atoms with Crippen molar-refractivity contribution in [1.82, 2.24) is 25.1 Å². The van der Waals surface area contributed by atoms with Crippen LogP contribution in [-0.2, 0) is 11.3 Å². The van der Waals surface area contributed by atoms with Crippen LogP contribution < -0.4 is 0 Å². The normalized spacial score (nSPS) is 15.4. The fourth-order valence-corrected chi connectivity index (χ4v) is 3.29. The Labute approximate surface area is 138 Å². The highest BCUT2D eigenvalue weighted by Crippen LogP contribution is 2.37. The third-order valence-electron chi connectivity index (χ3n) is 3.67. The Hall–Kier alpha value is -1.96. The number of hydrogen-bond acceptors (Lipinski definition) is 5. The third-order valence-corrected chi connectivity index (χ3v) is 4.71. The standard InChI is InChI=1S/C15H18FN5OS/c1-10(23-15-17-18-19-21(15)13-6-7-13)14(22)20(2)9-11-4-3-5-12(16)8-11/h3-5,8,10,13H,6-7,9H2,1-2H3/t10-/m1/s1. The van der Waals surface area contributed by atoms with Crippen LogP contribution in [-0.4, -0.2) is 43.3 Å². The first-order chi connectivity index (χ1) is 11.0. The number of rotatable bonds is 6. The number of halogens is 1. The molecule has 2 aromatic rings. The van der Waals surface area contributed by atoms with Gasteiger partial charge in [0.05, 0.1) is 11.3 Å². The number of carbonyl (C=O) groups is 1. The van der Waals surface area contributed by atoms with Crippen LogP contribution in [0.5, 0.6) is 0 Å². The summed E-state index contributed by atoms with van der Waals surface area (Å²) in [6.07, 6.45) is 2.17. The molecule has 122 valence electrons. The molecule has 0 saturated heterocycles. The molecule has 1 aromatic heterocycles. The van der Waals surface area contributed by atoms with Crippen molar-refractivity contribution in [3.05, 3.63) is 35.6 Å². The van der Waals surface area contributed by atoms with E-state index in [1.807, 2.05) is 6.92 Å². The second kappa shape index (κ2) is 6.66. The molecule has 1 aliphatic carbocycles. The summed E-state index contributed by atoms with van der Waals surface area (Å²) in [5, 5.41) is 12.0. The third kappa shape index (κ3) is 3.87. The van der Waals surface area contributed by atoms with Gasteiger partial charge in [0, 0.05) is 13.6 Å². The number of nitrogens with zero attached hydrogens (tertiary/aromatic N) is 5. The van der Waals surface area contributed by atoms with E-state index in [9.17, 15) is 9.18 Å². The van der Waals surface area contributed by atoms with Crippen LogP contribution in [0.15, 0.2) is 29.4 Å². The van der Waals surface area contributed by atoms with E-state index in [0.29, 0.717) is 17.7 Å². The van der Waals surface area contributed by atoms with Gasteiger partial charge in [0.15, 0.2) is 0 Å². The van der Waals surface area contributed by atoms with Gasteiger partial charge in [-0.05, 0) is 47.9 Å². The predicted molar refractivity (Wildman–Crippen MR) is 84.3 cm³/mol. The quantitative estimate of drug-likeness (QED) is 0.758. The van der Waals surface area contributed by atoms with E-state index in [4.69, 9.17) is 0 Å². The minimum atomic E-state index is -0.308. The predicted octanol–water partition coefficient (Wildman–Crippen LogP) is 2.29. The van der Waals surface area contributed by atoms with Gasteiger partial charge in [-0.3, -0.25) is 4.79 Å². The fourth-order valence-electron chi connectivity index (χ4n) is 2.32. The van der Waals surface area contributed by atoms with Gasteiger partial charge in [-0.1, -0.05) is 23.9 Å². The first-order valence-electron chi connectivity index (χ1n) is 7.48. The Kier molecular flexibility index (Phi) is 4.61. The summed E-state index contributed by atoms with van der Waals surface area (Å²) in [6.45, 7) is 2.20. The average Bonchev–Trinajstić information content (AvgIpc) is 3.26. The monoisotopic (exact) mass is 335 g/mol. The molecule has 1 aromatic carbocycles. The molecule has 1 fully saturated rings. The van der Waals surface area contributed by atoms with Crippen molar-refractivity contribution < 1.29 is 9.18 Å². The Morgan fingerprint density at radius 1 is 1.52 bits per heavy atom. The average molecular weight is 335 g/mol. The SMILES string of the molecule is C[C@@H](Sc1nnnn1C1CC1)C(=O)N(C)Cc1cccc(F)c1. The molecule has 0 aliphatic heterocycles. The Balaban J connectivity index is 1.61. The van der Waals surface area contributed by atoms with Gasteiger partial charge in [-0.15, -0.1) is 5.10 Å². The summed E-state index contributed by atoms with van der Waals surface area (Å²) < 4.78 is 15.0. The topological polar surface area (TPSA) is 63.9 Å². The Morgan fingerprint density at radius 3 is 3.00 bits per heavy atom. The summed E-state index contributed by atoms with van der Waals surface area (Å²) in [6, 6.07) is 6.65. The second-order valence-electron chi connectivity index (χ2n) is 5.72. The molecule has 3 rings (SSSR count). The van der Waals surface area contributed by atoms with Crippen molar-refractivity contribution in [1.29, 1.82) is 0 Å². The first-order valence-corrected chi connectivity index (χ1v) is 8.36. The van der Waals surface area contributed by atoms with Gasteiger partial charge >= 0.3 is 0 Å². The molecule has 0 N–H and O–H groups in total. The molecular formula is C15H18FN5OS. The van der Waals surface area contributed by atoms with Crippen LogP contribution in [0.4, 0.5) is 4.39 Å². The molecule has 1 atom stereocenters. The van der Waals surface area contributed by atoms with Gasteiger partial charge < -0.3 is 4.90 Å². The second-order valence-corrected chi connectivity index (χ2v) is 7.03. The largest absolute Gasteiger partial charge is 0.340 e. The molecule has 1 heterocycles. The van der Waals surface area contributed by atoms with Crippen LogP contribution in [0.25, 0.3) is 0 Å². The summed E-state index contributed by atoms with van der Waals surface area (Å²) in [5.74, 6) is -0.334. The Morgan fingerprint density at radius 2 is 2.30 bits per heavy atom. The van der Waals surface area contributed by atoms with E-state index in [0.717, 1.165) is 18.4 Å². The number of thioether (sulfide) groups is 1. The van der Waals surface area contributed by atoms with Gasteiger partial charge in [0.1, 0.15) is 5.82 Å². The molecule has 8 heteroatoms. The highest BCUT2D eigenvalue weighted by Gasteiger charge is 2.30. The van der Waals surface area contributed by atoms with Crippen LogP contribution in [0.1, 0.15) is 31.4 Å². The number of amides is 1. The number of carbonyl (C=O) groups excluding carboxylic acids is 1. The van der Waals surface area contributed by atoms with Gasteiger partial charge in [-0.25, -0.2) is 9.07 Å². The van der Waals surface area contributed by atoms with Crippen molar-refractivity contribution in [3.8, 4) is 0 Å². The highest BCUT2D eigenvalue weighted by molar-refractivity contribution is 8.00. The molecule has 0 unspecified atom stereocenters. The van der Waals surface area contributed by atoms with E-state index in [1.54, 1.807) is 28.8 Å². The smallest absolute Gasteiger partial charge is 0.235 e. The van der Waals surface area contributed by atoms with Crippen LogP contribution in [0.2, 0.25) is 0 Å². The molecule has 0 radical (unpaired) electrons. The summed E-state index contributed by atoms with van der Waals surface area (Å²) >= 11 is 1.36. The highest BCUT2D eigenvalue weighted by atomic mass is 32.2. The lowest BCUT2D eigenvalue weighted by molar-refractivity contribution is -0.129. The lowest BCUT2D eigenvalue weighted by Gasteiger charge is -2.21. The summed E-state index contributed by atoms with van der Waals surface area (Å²) in [4.78, 5) is 14.1. The zero-order valence-corrected chi connectivity index (χ0v) is 13.8. The van der Waals surface area contributed by atoms with E-state index in [2.05, 4.69) is 15.5 Å². The number of aromatic nitrogens is 4. The maximum absolute atomic E-state index is 13.2. The van der Waals surface area contributed by atoms with Crippen molar-refractivity contribution in [2.24, 2.45) is 0 Å². The fraction of sp³-hybridized carbons (Fsp3) is 0.467. The van der Waals surface area contributed by atoms with E-state index >= 15 is 0 Å². The van der Waals surface area contributed by atoms with Gasteiger partial charge in [0.25, 0.3) is 0 Å². The van der Waals surface area contributed by atoms with E-state index in [1.165, 1.54) is 23.9 Å². The summed E-state index contributed by atoms with van der Waals surface area (Å²) in [7, 11) is 1.72. The minimum absolute atomic E-state index is 0.0374. The van der Waals surface area contributed by atoms with Crippen LogP contribution in [0.3, 0.4) is 0 Å². The van der Waals surface area contributed by atoms with Crippen molar-refractivity contribution >= 4 is 17.7 Å². The van der Waals surface area contributed by atoms with Gasteiger partial charge in [-0.2, -0.15) is 0 Å². The number of benzene rings is 1. The molecule has 1 aliphatic rings. The zero-order chi connectivity index (χ0) is 16.4. The van der Waals surface area contributed by atoms with Crippen LogP contribution >= 0.6 is 11.8 Å². The number of tetrazole rings is 1. The van der Waals surface area contributed by atoms with Crippen molar-refractivity contribution in [2.75, 3.05) is 7.05 Å². The maximum Gasteiger partial charge on any atom is 0.235 e. The van der Waals surface area contributed by atoms with E-state index < -0.39 is 0 Å². The molecule has 6 nitrogen and oxygen atoms in total. The molecule has 23 heavy (non-hydrogen) atoms. The summed E-state index contributed by atoms with van der Waals surface area (Å²) in [5.41, 5.74) is 0.765. The first kappa shape index (κ1) is 15.9. The molecular weight excluding hydrogens is 317 g/mol.